The molecule has 0 saturated heterocycles. The second-order valence-electron chi connectivity index (χ2n) is 1.87. The summed E-state index contributed by atoms with van der Waals surface area (Å²) in [4.78, 5) is 0. The number of hydrogen-bond acceptors (Lipinski definition) is 2. The molecular formula is C6H12NS. The molecule has 0 aliphatic rings. The normalized spacial score (nSPS) is 13.2. The minimum absolute atomic E-state index is 0.0185. The van der Waals surface area contributed by atoms with Gasteiger partial charge in [0.05, 0.1) is 0 Å². The smallest absolute Gasteiger partial charge is 0.0475 e. The fourth-order valence-electron chi connectivity index (χ4n) is 0.483. The van der Waals surface area contributed by atoms with E-state index in [1.54, 1.807) is 0 Å². The first kappa shape index (κ1) is 8.05. The Hall–Kier alpha value is 0.0500. The van der Waals surface area contributed by atoms with Crippen molar-refractivity contribution in [3.05, 3.63) is 0 Å². The van der Waals surface area contributed by atoms with E-state index in [0.29, 0.717) is 0 Å². The summed E-state index contributed by atoms with van der Waals surface area (Å²) in [5.41, 5.74) is 5.44. The lowest BCUT2D eigenvalue weighted by molar-refractivity contribution is 0.685. The van der Waals surface area contributed by atoms with Crippen LogP contribution in [-0.4, -0.2) is 11.4 Å². The van der Waals surface area contributed by atoms with Crippen molar-refractivity contribution in [3.63, 3.8) is 0 Å². The monoisotopic (exact) mass is 130 g/mol. The van der Waals surface area contributed by atoms with Crippen LogP contribution in [0, 0.1) is 0 Å². The van der Waals surface area contributed by atoms with Gasteiger partial charge in [0.1, 0.15) is 0 Å². The van der Waals surface area contributed by atoms with Crippen LogP contribution in [0.5, 0.6) is 0 Å². The Balaban J connectivity index is 2.98. The van der Waals surface area contributed by atoms with Crippen molar-refractivity contribution in [2.75, 3.05) is 0 Å². The largest absolute Gasteiger partial charge is 0.323 e. The van der Waals surface area contributed by atoms with Crippen molar-refractivity contribution in [3.8, 4) is 0 Å². The molecule has 0 rings (SSSR count). The van der Waals surface area contributed by atoms with E-state index in [1.807, 2.05) is 0 Å². The van der Waals surface area contributed by atoms with E-state index in [2.05, 4.69) is 24.5 Å². The molecule has 0 aromatic carbocycles. The van der Waals surface area contributed by atoms with E-state index >= 15 is 0 Å². The van der Waals surface area contributed by atoms with Gasteiger partial charge in [-0.05, 0) is 6.42 Å². The number of thiocarbonyl (C=S) groups is 1. The molecule has 2 heteroatoms. The van der Waals surface area contributed by atoms with Gasteiger partial charge in [-0.25, -0.2) is 0 Å². The van der Waals surface area contributed by atoms with Gasteiger partial charge in [0.2, 0.25) is 0 Å². The Morgan fingerprint density at radius 2 is 2.38 bits per heavy atom. The van der Waals surface area contributed by atoms with Crippen molar-refractivity contribution in [2.45, 2.75) is 32.2 Å². The fraction of sp³-hybridized carbons (Fsp3) is 0.833. The molecule has 0 aliphatic heterocycles. The highest BCUT2D eigenvalue weighted by molar-refractivity contribution is 7.79. The summed E-state index contributed by atoms with van der Waals surface area (Å²) in [6.45, 7) is 2.14. The molecule has 1 nitrogen and oxygen atoms in total. The van der Waals surface area contributed by atoms with E-state index < -0.39 is 0 Å². The summed E-state index contributed by atoms with van der Waals surface area (Å²) in [6, 6.07) is 0.0185. The van der Waals surface area contributed by atoms with Crippen molar-refractivity contribution in [1.82, 2.24) is 0 Å². The van der Waals surface area contributed by atoms with Crippen LogP contribution in [-0.2, 0) is 0 Å². The standard InChI is InChI=1S/C6H12NS/c1-2-3-4-6(7)5-8/h6H,2-4,7H2,1H3. The van der Waals surface area contributed by atoms with Crippen molar-refractivity contribution in [2.24, 2.45) is 5.73 Å². The highest BCUT2D eigenvalue weighted by atomic mass is 32.1. The van der Waals surface area contributed by atoms with Gasteiger partial charge in [-0.15, -0.1) is 0 Å². The van der Waals surface area contributed by atoms with Crippen molar-refractivity contribution < 1.29 is 0 Å². The quantitative estimate of drug-likeness (QED) is 0.582. The van der Waals surface area contributed by atoms with Gasteiger partial charge in [-0.1, -0.05) is 32.0 Å². The number of unbranched alkanes of at least 4 members (excludes halogenated alkanes) is 1. The van der Waals surface area contributed by atoms with Crippen molar-refractivity contribution in [1.29, 1.82) is 0 Å². The van der Waals surface area contributed by atoms with E-state index in [-0.39, 0.29) is 6.04 Å². The highest BCUT2D eigenvalue weighted by Gasteiger charge is 1.93. The molecule has 0 aromatic rings. The molecule has 1 atom stereocenters. The molecule has 0 fully saturated rings. The topological polar surface area (TPSA) is 26.0 Å². The Morgan fingerprint density at radius 1 is 1.75 bits per heavy atom. The Labute approximate surface area is 56.3 Å². The number of rotatable bonds is 4. The molecule has 2 N–H and O–H groups in total. The Morgan fingerprint density at radius 3 is 2.75 bits per heavy atom. The van der Waals surface area contributed by atoms with Gasteiger partial charge in [-0.2, -0.15) is 0 Å². The fourth-order valence-corrected chi connectivity index (χ4v) is 0.601. The van der Waals surface area contributed by atoms with Gasteiger partial charge >= 0.3 is 0 Å². The first-order valence-electron chi connectivity index (χ1n) is 2.94. The maximum Gasteiger partial charge on any atom is 0.0475 e. The van der Waals surface area contributed by atoms with Crippen LogP contribution in [0.15, 0.2) is 0 Å². The second-order valence-corrected chi connectivity index (χ2v) is 2.10. The third kappa shape index (κ3) is 4.22. The third-order valence-electron chi connectivity index (χ3n) is 1.02. The molecule has 0 aliphatic carbocycles. The summed E-state index contributed by atoms with van der Waals surface area (Å²) in [6.07, 6.45) is 3.33. The summed E-state index contributed by atoms with van der Waals surface area (Å²) in [5, 5.41) is 2.56. The van der Waals surface area contributed by atoms with E-state index in [1.165, 1.54) is 6.42 Å². The van der Waals surface area contributed by atoms with Gasteiger partial charge in [0.25, 0.3) is 0 Å². The lowest BCUT2D eigenvalue weighted by Gasteiger charge is -1.99. The van der Waals surface area contributed by atoms with Crippen LogP contribution in [0.3, 0.4) is 0 Å². The average Bonchev–Trinajstić information content (AvgIpc) is 1.83. The minimum Gasteiger partial charge on any atom is -0.323 e. The molecular weight excluding hydrogens is 118 g/mol. The summed E-state index contributed by atoms with van der Waals surface area (Å²) in [7, 11) is 0. The predicted octanol–water partition coefficient (Wildman–Crippen LogP) is 1.38. The molecule has 1 unspecified atom stereocenters. The van der Waals surface area contributed by atoms with Crippen molar-refractivity contribution >= 4 is 17.6 Å². The summed E-state index contributed by atoms with van der Waals surface area (Å²) in [5.74, 6) is 0. The number of nitrogens with two attached hydrogens (primary N) is 1. The summed E-state index contributed by atoms with van der Waals surface area (Å²) >= 11 is 4.51. The summed E-state index contributed by atoms with van der Waals surface area (Å²) < 4.78 is 0. The zero-order chi connectivity index (χ0) is 6.41. The first-order valence-corrected chi connectivity index (χ1v) is 3.35. The minimum atomic E-state index is 0.0185. The maximum absolute atomic E-state index is 5.44. The zero-order valence-corrected chi connectivity index (χ0v) is 6.00. The highest BCUT2D eigenvalue weighted by Crippen LogP contribution is 1.95. The molecule has 0 spiro atoms. The van der Waals surface area contributed by atoms with Crippen LogP contribution in [0.4, 0.5) is 0 Å². The Bertz CT molecular complexity index is 63.5. The van der Waals surface area contributed by atoms with Crippen LogP contribution >= 0.6 is 12.2 Å². The molecule has 0 aromatic heterocycles. The van der Waals surface area contributed by atoms with Gasteiger partial charge in [-0.3, -0.25) is 0 Å². The second kappa shape index (κ2) is 5.19. The molecule has 0 amide bonds. The van der Waals surface area contributed by atoms with Gasteiger partial charge in [0, 0.05) is 11.4 Å². The first-order chi connectivity index (χ1) is 3.81. The Kier molecular flexibility index (Phi) is 5.22. The van der Waals surface area contributed by atoms with E-state index in [4.69, 9.17) is 5.73 Å². The molecule has 0 saturated carbocycles. The molecule has 8 heavy (non-hydrogen) atoms. The lowest BCUT2D eigenvalue weighted by atomic mass is 10.2. The lowest BCUT2D eigenvalue weighted by Crippen LogP contribution is -2.19. The van der Waals surface area contributed by atoms with E-state index in [0.717, 1.165) is 12.8 Å². The number of hydrogen-bond donors (Lipinski definition) is 1. The van der Waals surface area contributed by atoms with Crippen LogP contribution in [0.25, 0.3) is 0 Å². The zero-order valence-electron chi connectivity index (χ0n) is 5.18. The molecule has 0 bridgehead atoms. The van der Waals surface area contributed by atoms with Crippen LogP contribution in [0.1, 0.15) is 26.2 Å². The molecule has 1 radical (unpaired) electrons. The van der Waals surface area contributed by atoms with Gasteiger partial charge < -0.3 is 5.73 Å². The average molecular weight is 130 g/mol. The van der Waals surface area contributed by atoms with Gasteiger partial charge in [0.15, 0.2) is 0 Å². The molecule has 0 heterocycles. The third-order valence-corrected chi connectivity index (χ3v) is 1.32. The van der Waals surface area contributed by atoms with Crippen LogP contribution < -0.4 is 5.73 Å². The maximum atomic E-state index is 5.44. The molecule has 47 valence electrons. The predicted molar refractivity (Wildman–Crippen MR) is 40.1 cm³/mol. The van der Waals surface area contributed by atoms with Crippen LogP contribution in [0.2, 0.25) is 0 Å². The van der Waals surface area contributed by atoms with E-state index in [9.17, 15) is 0 Å². The SMILES string of the molecule is CCCCC(N)[C]=S.